The molecule has 0 radical (unpaired) electrons. The number of benzene rings is 2. The van der Waals surface area contributed by atoms with Gasteiger partial charge in [-0.05, 0) is 42.0 Å². The number of rotatable bonds is 6. The zero-order chi connectivity index (χ0) is 19.4. The quantitative estimate of drug-likeness (QED) is 0.695. The molecule has 0 unspecified atom stereocenters. The topological polar surface area (TPSA) is 99.2 Å². The number of nitrogens with two attached hydrogens (primary N) is 1. The highest BCUT2D eigenvalue weighted by molar-refractivity contribution is 5.96. The van der Waals surface area contributed by atoms with Gasteiger partial charge in [0, 0.05) is 6.54 Å². The lowest BCUT2D eigenvalue weighted by Gasteiger charge is -2.10. The fraction of sp³-hybridized carbons (Fsp3) is 0.105. The lowest BCUT2D eigenvalue weighted by molar-refractivity contribution is 0.0946. The number of aromatic nitrogens is 2. The van der Waals surface area contributed by atoms with E-state index >= 15 is 0 Å². The molecule has 0 fully saturated rings. The van der Waals surface area contributed by atoms with E-state index < -0.39 is 17.6 Å². The first-order valence-electron chi connectivity index (χ1n) is 8.04. The third-order valence-corrected chi connectivity index (χ3v) is 3.94. The van der Waals surface area contributed by atoms with Gasteiger partial charge in [0.1, 0.15) is 17.3 Å². The van der Waals surface area contributed by atoms with E-state index in [1.54, 1.807) is 24.3 Å². The molecule has 0 aliphatic heterocycles. The van der Waals surface area contributed by atoms with Gasteiger partial charge in [-0.2, -0.15) is 5.10 Å². The molecule has 27 heavy (non-hydrogen) atoms. The van der Waals surface area contributed by atoms with E-state index in [2.05, 4.69) is 10.4 Å². The molecule has 1 heterocycles. The fourth-order valence-corrected chi connectivity index (χ4v) is 2.59. The summed E-state index contributed by atoms with van der Waals surface area (Å²) in [6, 6.07) is 12.4. The molecule has 0 saturated carbocycles. The molecule has 7 nitrogen and oxygen atoms in total. The van der Waals surface area contributed by atoms with Crippen molar-refractivity contribution in [2.45, 2.75) is 6.54 Å². The summed E-state index contributed by atoms with van der Waals surface area (Å²) in [5, 5.41) is 6.79. The van der Waals surface area contributed by atoms with Gasteiger partial charge >= 0.3 is 0 Å². The molecular formula is C19H17FN4O3. The SMILES string of the molecule is COc1ccc(F)cc1C(=O)NCc1ccc(-n2nccc2C(N)=O)cc1. The summed E-state index contributed by atoms with van der Waals surface area (Å²) in [6.07, 6.45) is 1.49. The molecule has 0 saturated heterocycles. The first kappa shape index (κ1) is 18.1. The molecule has 0 aliphatic rings. The summed E-state index contributed by atoms with van der Waals surface area (Å²) >= 11 is 0. The molecule has 0 aliphatic carbocycles. The highest BCUT2D eigenvalue weighted by atomic mass is 19.1. The molecule has 2 aromatic carbocycles. The lowest BCUT2D eigenvalue weighted by Crippen LogP contribution is -2.23. The Morgan fingerprint density at radius 2 is 1.93 bits per heavy atom. The Balaban J connectivity index is 1.71. The highest BCUT2D eigenvalue weighted by Crippen LogP contribution is 2.19. The van der Waals surface area contributed by atoms with Crippen LogP contribution >= 0.6 is 0 Å². The summed E-state index contributed by atoms with van der Waals surface area (Å²) in [5.74, 6) is -1.25. The summed E-state index contributed by atoms with van der Waals surface area (Å²) in [5.41, 5.74) is 7.18. The molecule has 138 valence electrons. The Hall–Kier alpha value is -3.68. The second-order valence-corrected chi connectivity index (χ2v) is 5.69. The lowest BCUT2D eigenvalue weighted by atomic mass is 10.1. The predicted octanol–water partition coefficient (Wildman–Crippen LogP) is 2.05. The van der Waals surface area contributed by atoms with Gasteiger partial charge in [0.25, 0.3) is 11.8 Å². The third-order valence-electron chi connectivity index (χ3n) is 3.94. The molecule has 0 atom stereocenters. The molecule has 0 bridgehead atoms. The van der Waals surface area contributed by atoms with Crippen molar-refractivity contribution in [2.75, 3.05) is 7.11 Å². The van der Waals surface area contributed by atoms with Crippen molar-refractivity contribution in [3.05, 3.63) is 77.4 Å². The van der Waals surface area contributed by atoms with E-state index in [0.29, 0.717) is 11.4 Å². The Morgan fingerprint density at radius 3 is 2.59 bits per heavy atom. The van der Waals surface area contributed by atoms with Gasteiger partial charge in [0.05, 0.1) is 24.6 Å². The maximum atomic E-state index is 13.4. The van der Waals surface area contributed by atoms with Crippen LogP contribution in [0.25, 0.3) is 5.69 Å². The number of ether oxygens (including phenoxy) is 1. The number of methoxy groups -OCH3 is 1. The smallest absolute Gasteiger partial charge is 0.267 e. The van der Waals surface area contributed by atoms with Crippen molar-refractivity contribution in [3.63, 3.8) is 0 Å². The fourth-order valence-electron chi connectivity index (χ4n) is 2.59. The predicted molar refractivity (Wildman–Crippen MR) is 96.2 cm³/mol. The molecule has 1 aromatic heterocycles. The minimum Gasteiger partial charge on any atom is -0.496 e. The number of nitrogens with one attached hydrogen (secondary N) is 1. The van der Waals surface area contributed by atoms with E-state index in [1.165, 1.54) is 36.2 Å². The van der Waals surface area contributed by atoms with Gasteiger partial charge in [-0.3, -0.25) is 9.59 Å². The van der Waals surface area contributed by atoms with Gasteiger partial charge in [0.2, 0.25) is 0 Å². The van der Waals surface area contributed by atoms with Crippen molar-refractivity contribution in [2.24, 2.45) is 5.73 Å². The number of hydrogen-bond donors (Lipinski definition) is 2. The maximum Gasteiger partial charge on any atom is 0.267 e. The van der Waals surface area contributed by atoms with E-state index in [1.807, 2.05) is 0 Å². The van der Waals surface area contributed by atoms with Crippen LogP contribution in [-0.4, -0.2) is 28.7 Å². The number of amides is 2. The van der Waals surface area contributed by atoms with Crippen LogP contribution < -0.4 is 15.8 Å². The van der Waals surface area contributed by atoms with Crippen LogP contribution in [-0.2, 0) is 6.54 Å². The molecule has 0 spiro atoms. The zero-order valence-corrected chi connectivity index (χ0v) is 14.5. The summed E-state index contributed by atoms with van der Waals surface area (Å²) in [4.78, 5) is 23.7. The van der Waals surface area contributed by atoms with Crippen molar-refractivity contribution >= 4 is 11.8 Å². The highest BCUT2D eigenvalue weighted by Gasteiger charge is 2.13. The molecule has 8 heteroatoms. The third kappa shape index (κ3) is 3.95. The molecule has 3 aromatic rings. The van der Waals surface area contributed by atoms with Gasteiger partial charge in [0.15, 0.2) is 0 Å². The summed E-state index contributed by atoms with van der Waals surface area (Å²) < 4.78 is 19.9. The van der Waals surface area contributed by atoms with Crippen LogP contribution in [0.4, 0.5) is 4.39 Å². The molecular weight excluding hydrogens is 351 g/mol. The molecule has 3 N–H and O–H groups in total. The maximum absolute atomic E-state index is 13.4. The van der Waals surface area contributed by atoms with Crippen LogP contribution in [0, 0.1) is 5.82 Å². The monoisotopic (exact) mass is 368 g/mol. The van der Waals surface area contributed by atoms with Crippen molar-refractivity contribution in [1.82, 2.24) is 15.1 Å². The van der Waals surface area contributed by atoms with Crippen LogP contribution in [0.15, 0.2) is 54.7 Å². The van der Waals surface area contributed by atoms with E-state index in [0.717, 1.165) is 11.6 Å². The van der Waals surface area contributed by atoms with Crippen LogP contribution in [0.2, 0.25) is 0 Å². The van der Waals surface area contributed by atoms with Crippen LogP contribution in [0.3, 0.4) is 0 Å². The average molecular weight is 368 g/mol. The van der Waals surface area contributed by atoms with Crippen molar-refractivity contribution in [3.8, 4) is 11.4 Å². The standard InChI is InChI=1S/C19H17FN4O3/c1-27-17-7-4-13(20)10-15(17)19(26)22-11-12-2-5-14(6-3-12)24-16(18(21)25)8-9-23-24/h2-10H,11H2,1H3,(H2,21,25)(H,22,26). The van der Waals surface area contributed by atoms with Gasteiger partial charge < -0.3 is 15.8 Å². The van der Waals surface area contributed by atoms with Crippen molar-refractivity contribution < 1.29 is 18.7 Å². The Bertz CT molecular complexity index is 983. The largest absolute Gasteiger partial charge is 0.496 e. The number of nitrogens with zero attached hydrogens (tertiary/aromatic N) is 2. The minimum absolute atomic E-state index is 0.122. The second kappa shape index (κ2) is 7.69. The van der Waals surface area contributed by atoms with E-state index in [-0.39, 0.29) is 17.8 Å². The Labute approximate surface area is 154 Å². The van der Waals surface area contributed by atoms with Gasteiger partial charge in [-0.1, -0.05) is 12.1 Å². The number of carbonyl (C=O) groups excluding carboxylic acids is 2. The van der Waals surface area contributed by atoms with E-state index in [9.17, 15) is 14.0 Å². The zero-order valence-electron chi connectivity index (χ0n) is 14.5. The number of primary amides is 1. The number of carbonyl (C=O) groups is 2. The van der Waals surface area contributed by atoms with Crippen LogP contribution in [0.5, 0.6) is 5.75 Å². The normalized spacial score (nSPS) is 10.4. The number of hydrogen-bond acceptors (Lipinski definition) is 4. The molecule has 3 rings (SSSR count). The Kier molecular flexibility index (Phi) is 5.16. The van der Waals surface area contributed by atoms with Crippen molar-refractivity contribution in [1.29, 1.82) is 0 Å². The average Bonchev–Trinajstić information content (AvgIpc) is 3.16. The van der Waals surface area contributed by atoms with E-state index in [4.69, 9.17) is 10.5 Å². The van der Waals surface area contributed by atoms with Crippen LogP contribution in [0.1, 0.15) is 26.4 Å². The first-order chi connectivity index (χ1) is 13.0. The molecule has 2 amide bonds. The summed E-state index contributed by atoms with van der Waals surface area (Å²) in [6.45, 7) is 0.237. The van der Waals surface area contributed by atoms with Gasteiger partial charge in [-0.25, -0.2) is 9.07 Å². The minimum atomic E-state index is -0.576. The Morgan fingerprint density at radius 1 is 1.19 bits per heavy atom. The second-order valence-electron chi connectivity index (χ2n) is 5.69. The van der Waals surface area contributed by atoms with Gasteiger partial charge in [-0.15, -0.1) is 0 Å². The number of halogens is 1. The summed E-state index contributed by atoms with van der Waals surface area (Å²) in [7, 11) is 1.42. The first-order valence-corrected chi connectivity index (χ1v) is 8.04.